The molecule has 18 nitrogen and oxygen atoms in total. The van der Waals surface area contributed by atoms with E-state index in [1.165, 1.54) is 25.8 Å². The van der Waals surface area contributed by atoms with E-state index in [1.807, 2.05) is 0 Å². The van der Waals surface area contributed by atoms with Gasteiger partial charge >= 0.3 is 13.5 Å². The molecule has 0 aromatic carbocycles. The number of rotatable bonds is 9. The van der Waals surface area contributed by atoms with E-state index < -0.39 is 56.4 Å². The van der Waals surface area contributed by atoms with Gasteiger partial charge in [-0.3, -0.25) is 32.8 Å². The number of azide groups is 1. The average molecular weight is 565 g/mol. The first kappa shape index (κ1) is 27.0. The van der Waals surface area contributed by atoms with E-state index in [0.717, 1.165) is 4.57 Å². The molecule has 0 saturated carbocycles. The summed E-state index contributed by atoms with van der Waals surface area (Å²) < 4.78 is 37.2. The van der Waals surface area contributed by atoms with Gasteiger partial charge in [-0.25, -0.2) is 19.3 Å². The third kappa shape index (κ3) is 5.72. The van der Waals surface area contributed by atoms with Crippen molar-refractivity contribution in [2.75, 3.05) is 13.2 Å². The lowest BCUT2D eigenvalue weighted by atomic mass is 10.1. The van der Waals surface area contributed by atoms with E-state index >= 15 is 0 Å². The quantitative estimate of drug-likeness (QED) is 0.141. The number of phosphoric acid groups is 1. The fourth-order valence-electron chi connectivity index (χ4n) is 4.49. The maximum absolute atomic E-state index is 12.5. The first-order valence-corrected chi connectivity index (χ1v) is 13.3. The molecule has 0 bridgehead atoms. The first-order valence-electron chi connectivity index (χ1n) is 11.8. The molecule has 19 heteroatoms. The lowest BCUT2D eigenvalue weighted by Crippen LogP contribution is -2.33. The van der Waals surface area contributed by atoms with Gasteiger partial charge in [0.15, 0.2) is 11.2 Å². The summed E-state index contributed by atoms with van der Waals surface area (Å²) in [7, 11) is -4.57. The molecule has 3 N–H and O–H groups in total. The Bertz CT molecular complexity index is 1640. The van der Waals surface area contributed by atoms with E-state index in [0.29, 0.717) is 18.5 Å². The van der Waals surface area contributed by atoms with Crippen molar-refractivity contribution >= 4 is 19.0 Å². The highest BCUT2D eigenvalue weighted by Gasteiger charge is 2.39. The van der Waals surface area contributed by atoms with Crippen molar-refractivity contribution < 1.29 is 28.0 Å². The minimum atomic E-state index is -4.57. The SMILES string of the molecule is Cc1cn([C@H]2C[C@H](N=[N+]=[N-])[C@@H](COP(=O)(O)OC[C@@H]3CC[C@H](n4cnc5c(=O)[nH]cnc54)O3)O2)c(=O)[nH]c1=O. The number of aromatic nitrogens is 6. The topological polar surface area (TPSA) is 241 Å². The number of aryl methyl sites for hydroxylation is 1. The summed E-state index contributed by atoms with van der Waals surface area (Å²) in [5.74, 6) is 0. The monoisotopic (exact) mass is 565 g/mol. The Morgan fingerprint density at radius 1 is 1.18 bits per heavy atom. The van der Waals surface area contributed by atoms with Gasteiger partial charge < -0.3 is 19.4 Å². The van der Waals surface area contributed by atoms with Crippen LogP contribution in [0.25, 0.3) is 21.6 Å². The summed E-state index contributed by atoms with van der Waals surface area (Å²) in [6.45, 7) is 0.784. The number of hydrogen-bond acceptors (Lipinski definition) is 11. The molecule has 6 atom stereocenters. The smallest absolute Gasteiger partial charge is 0.352 e. The van der Waals surface area contributed by atoms with Crippen molar-refractivity contribution in [3.63, 3.8) is 0 Å². The Kier molecular flexibility index (Phi) is 7.51. The third-order valence-electron chi connectivity index (χ3n) is 6.45. The molecule has 0 spiro atoms. The molecule has 0 aliphatic carbocycles. The lowest BCUT2D eigenvalue weighted by molar-refractivity contribution is -0.0375. The molecular formula is C20H24N9O9P. The zero-order valence-electron chi connectivity index (χ0n) is 20.4. The van der Waals surface area contributed by atoms with Crippen LogP contribution in [0.4, 0.5) is 0 Å². The van der Waals surface area contributed by atoms with Gasteiger partial charge in [0.2, 0.25) is 0 Å². The molecule has 2 fully saturated rings. The molecule has 0 radical (unpaired) electrons. The summed E-state index contributed by atoms with van der Waals surface area (Å²) in [6, 6.07) is -0.816. The van der Waals surface area contributed by atoms with E-state index in [-0.39, 0.29) is 29.7 Å². The molecule has 3 aromatic rings. The summed E-state index contributed by atoms with van der Waals surface area (Å²) >= 11 is 0. The second kappa shape index (κ2) is 10.9. The maximum Gasteiger partial charge on any atom is 0.472 e. The molecule has 1 unspecified atom stereocenters. The number of nitrogens with one attached hydrogen (secondary N) is 2. The van der Waals surface area contributed by atoms with E-state index in [4.69, 9.17) is 24.1 Å². The predicted molar refractivity (Wildman–Crippen MR) is 131 cm³/mol. The number of ether oxygens (including phenoxy) is 2. The van der Waals surface area contributed by atoms with Crippen molar-refractivity contribution in [1.29, 1.82) is 0 Å². The van der Waals surface area contributed by atoms with Crippen LogP contribution in [-0.4, -0.2) is 65.4 Å². The van der Waals surface area contributed by atoms with Crippen LogP contribution >= 0.6 is 7.82 Å². The van der Waals surface area contributed by atoms with Crippen molar-refractivity contribution in [3.8, 4) is 0 Å². The molecular weight excluding hydrogens is 541 g/mol. The Hall–Kier alpha value is -3.63. The summed E-state index contributed by atoms with van der Waals surface area (Å²) in [4.78, 5) is 61.5. The normalized spacial score (nSPS) is 26.5. The maximum atomic E-state index is 12.5. The zero-order valence-corrected chi connectivity index (χ0v) is 21.3. The highest BCUT2D eigenvalue weighted by Crippen LogP contribution is 2.45. The molecule has 208 valence electrons. The van der Waals surface area contributed by atoms with Crippen LogP contribution in [0.2, 0.25) is 0 Å². The van der Waals surface area contributed by atoms with Gasteiger partial charge in [-0.1, -0.05) is 5.11 Å². The summed E-state index contributed by atoms with van der Waals surface area (Å²) in [5.41, 5.74) is 8.07. The number of fused-ring (bicyclic) bond motifs is 1. The number of phosphoric ester groups is 1. The van der Waals surface area contributed by atoms with Crippen molar-refractivity contribution in [1.82, 2.24) is 29.1 Å². The molecule has 5 rings (SSSR count). The Morgan fingerprint density at radius 2 is 1.97 bits per heavy atom. The van der Waals surface area contributed by atoms with Gasteiger partial charge in [-0.2, -0.15) is 0 Å². The number of nitrogens with zero attached hydrogens (tertiary/aromatic N) is 7. The highest BCUT2D eigenvalue weighted by molar-refractivity contribution is 7.47. The fourth-order valence-corrected chi connectivity index (χ4v) is 5.26. The van der Waals surface area contributed by atoms with Gasteiger partial charge in [-0.05, 0) is 25.3 Å². The second-order valence-corrected chi connectivity index (χ2v) is 10.5. The highest BCUT2D eigenvalue weighted by atomic mass is 31.2. The van der Waals surface area contributed by atoms with Crippen molar-refractivity contribution in [2.45, 2.75) is 56.9 Å². The standard InChI is InChI=1S/C20H24N9O9P/c1-10-5-28(20(32)25-18(10)30)15-4-12(26-27-21)13(38-15)7-36-39(33,34)35-6-11-2-3-14(37-11)29-9-24-16-17(29)22-8-23-19(16)31/h5,8-9,11-15H,2-4,6-7H2,1H3,(H,33,34)(H,22,23,31)(H,25,30,32)/t11-,12-,13+,14+,15+/m0/s1. The Morgan fingerprint density at radius 3 is 2.77 bits per heavy atom. The molecule has 5 heterocycles. The van der Waals surface area contributed by atoms with Gasteiger partial charge in [0.25, 0.3) is 11.1 Å². The predicted octanol–water partition coefficient (Wildman–Crippen LogP) is 0.756. The lowest BCUT2D eigenvalue weighted by Gasteiger charge is -2.20. The molecule has 0 amide bonds. The molecule has 2 aliphatic rings. The number of hydrogen-bond donors (Lipinski definition) is 3. The third-order valence-corrected chi connectivity index (χ3v) is 7.40. The first-order chi connectivity index (χ1) is 18.6. The van der Waals surface area contributed by atoms with Gasteiger partial charge in [-0.15, -0.1) is 0 Å². The van der Waals surface area contributed by atoms with Crippen molar-refractivity contribution in [3.05, 3.63) is 66.0 Å². The second-order valence-electron chi connectivity index (χ2n) is 9.02. The molecule has 2 aliphatic heterocycles. The van der Waals surface area contributed by atoms with Crippen LogP contribution in [0.1, 0.15) is 37.3 Å². The minimum absolute atomic E-state index is 0.0705. The van der Waals surface area contributed by atoms with E-state index in [2.05, 4.69) is 30.0 Å². The van der Waals surface area contributed by atoms with Gasteiger partial charge in [0.1, 0.15) is 12.5 Å². The van der Waals surface area contributed by atoms with Crippen LogP contribution < -0.4 is 16.8 Å². The molecule has 3 aromatic heterocycles. The summed E-state index contributed by atoms with van der Waals surface area (Å²) in [5, 5.41) is 3.64. The summed E-state index contributed by atoms with van der Waals surface area (Å²) in [6.07, 6.45) is 2.21. The van der Waals surface area contributed by atoms with E-state index in [1.54, 1.807) is 4.57 Å². The van der Waals surface area contributed by atoms with Gasteiger partial charge in [0.05, 0.1) is 44.1 Å². The van der Waals surface area contributed by atoms with Crippen LogP contribution in [0.5, 0.6) is 0 Å². The number of H-pyrrole nitrogens is 2. The van der Waals surface area contributed by atoms with Crippen LogP contribution in [0.3, 0.4) is 0 Å². The largest absolute Gasteiger partial charge is 0.472 e. The van der Waals surface area contributed by atoms with Crippen LogP contribution in [-0.2, 0) is 23.1 Å². The Labute approximate surface area is 217 Å². The van der Waals surface area contributed by atoms with Crippen LogP contribution in [0, 0.1) is 6.92 Å². The zero-order chi connectivity index (χ0) is 27.7. The molecule has 39 heavy (non-hydrogen) atoms. The average Bonchev–Trinajstić information content (AvgIpc) is 3.63. The van der Waals surface area contributed by atoms with Gasteiger partial charge in [0, 0.05) is 23.1 Å². The minimum Gasteiger partial charge on any atom is -0.352 e. The number of imidazole rings is 1. The fraction of sp³-hybridized carbons (Fsp3) is 0.550. The van der Waals surface area contributed by atoms with E-state index in [9.17, 15) is 23.8 Å². The van der Waals surface area contributed by atoms with Crippen molar-refractivity contribution in [2.24, 2.45) is 5.11 Å². The number of aromatic amines is 2. The van der Waals surface area contributed by atoms with Crippen LogP contribution in [0.15, 0.2) is 38.3 Å². The molecule has 2 saturated heterocycles. The Balaban J connectivity index is 1.17.